The van der Waals surface area contributed by atoms with E-state index in [0.29, 0.717) is 17.5 Å². The van der Waals surface area contributed by atoms with Crippen LogP contribution in [0.1, 0.15) is 5.56 Å². The highest BCUT2D eigenvalue weighted by atomic mass is 35.5. The molecule has 5 heteroatoms. The molecule has 1 aromatic heterocycles. The molecule has 1 heterocycles. The van der Waals surface area contributed by atoms with E-state index in [1.165, 1.54) is 4.90 Å². The van der Waals surface area contributed by atoms with Crippen molar-refractivity contribution in [1.82, 2.24) is 9.97 Å². The molecule has 0 bridgehead atoms. The van der Waals surface area contributed by atoms with Crippen molar-refractivity contribution in [2.75, 3.05) is 4.90 Å². The highest BCUT2D eigenvalue weighted by Crippen LogP contribution is 2.19. The number of hydrogen-bond donors (Lipinski definition) is 0. The fourth-order valence-electron chi connectivity index (χ4n) is 2.17. The molecule has 4 nitrogen and oxygen atoms in total. The van der Waals surface area contributed by atoms with E-state index < -0.39 is 0 Å². The number of hydrogen-bond acceptors (Lipinski definition) is 4. The first-order valence-corrected chi connectivity index (χ1v) is 7.44. The quantitative estimate of drug-likeness (QED) is 0.531. The number of aromatic nitrogens is 2. The first kappa shape index (κ1) is 15.0. The van der Waals surface area contributed by atoms with Gasteiger partial charge in [0, 0.05) is 16.8 Å². The molecule has 0 fully saturated rings. The second kappa shape index (κ2) is 6.91. The minimum Gasteiger partial charge on any atom is -0.243 e. The molecule has 0 amide bonds. The maximum Gasteiger partial charge on any atom is 0.239 e. The van der Waals surface area contributed by atoms with Gasteiger partial charge in [-0.05, 0) is 23.8 Å². The lowest BCUT2D eigenvalue weighted by molar-refractivity contribution is 0.915. The van der Waals surface area contributed by atoms with Gasteiger partial charge in [0.25, 0.3) is 0 Å². The lowest BCUT2D eigenvalue weighted by atomic mass is 10.1. The molecule has 2 aromatic carbocycles. The molecular formula is C18H13ClN4. The van der Waals surface area contributed by atoms with Crippen molar-refractivity contribution < 1.29 is 0 Å². The zero-order valence-electron chi connectivity index (χ0n) is 12.2. The Labute approximate surface area is 139 Å². The summed E-state index contributed by atoms with van der Waals surface area (Å²) in [6, 6.07) is 19.0. The lowest BCUT2D eigenvalue weighted by Gasteiger charge is -2.14. The summed E-state index contributed by atoms with van der Waals surface area (Å²) in [5.41, 5.74) is 2.73. The van der Waals surface area contributed by atoms with Crippen LogP contribution in [0.25, 0.3) is 11.3 Å². The van der Waals surface area contributed by atoms with Crippen LogP contribution in [-0.2, 0) is 6.54 Å². The normalized spacial score (nSPS) is 10.1. The average molecular weight is 321 g/mol. The van der Waals surface area contributed by atoms with Crippen LogP contribution in [-0.4, -0.2) is 9.97 Å². The number of benzene rings is 2. The van der Waals surface area contributed by atoms with Gasteiger partial charge < -0.3 is 0 Å². The Morgan fingerprint density at radius 2 is 1.74 bits per heavy atom. The Bertz CT molecular complexity index is 826. The molecule has 112 valence electrons. The molecule has 0 radical (unpaired) electrons. The molecule has 0 spiro atoms. The van der Waals surface area contributed by atoms with Crippen LogP contribution in [0.3, 0.4) is 0 Å². The Balaban J connectivity index is 1.87. The second-order valence-electron chi connectivity index (χ2n) is 4.92. The summed E-state index contributed by atoms with van der Waals surface area (Å²) < 4.78 is 0. The number of anilines is 1. The molecule has 23 heavy (non-hydrogen) atoms. The summed E-state index contributed by atoms with van der Waals surface area (Å²) in [6.07, 6.45) is 3.80. The van der Waals surface area contributed by atoms with Crippen molar-refractivity contribution in [3.05, 3.63) is 77.4 Å². The van der Waals surface area contributed by atoms with Gasteiger partial charge in [-0.15, -0.1) is 0 Å². The van der Waals surface area contributed by atoms with E-state index in [0.717, 1.165) is 16.8 Å². The molecule has 0 N–H and O–H groups in total. The van der Waals surface area contributed by atoms with Crippen molar-refractivity contribution in [2.45, 2.75) is 6.54 Å². The molecule has 0 unspecified atom stereocenters. The van der Waals surface area contributed by atoms with Gasteiger partial charge >= 0.3 is 0 Å². The second-order valence-corrected chi connectivity index (χ2v) is 5.36. The summed E-state index contributed by atoms with van der Waals surface area (Å²) >= 11 is 5.88. The fraction of sp³-hybridized carbons (Fsp3) is 0.0556. The van der Waals surface area contributed by atoms with E-state index in [1.807, 2.05) is 48.5 Å². The maximum absolute atomic E-state index is 9.43. The average Bonchev–Trinajstić information content (AvgIpc) is 2.62. The van der Waals surface area contributed by atoms with E-state index >= 15 is 0 Å². The van der Waals surface area contributed by atoms with Crippen LogP contribution >= 0.6 is 11.6 Å². The van der Waals surface area contributed by atoms with Gasteiger partial charge in [-0.25, -0.2) is 14.9 Å². The SMILES string of the molecule is N#CN(Cc1ccc(Cl)cc1)c1nccc(-c2ccccc2)n1. The smallest absolute Gasteiger partial charge is 0.239 e. The van der Waals surface area contributed by atoms with Crippen LogP contribution in [0.4, 0.5) is 5.95 Å². The molecule has 0 saturated carbocycles. The number of rotatable bonds is 4. The third-order valence-electron chi connectivity index (χ3n) is 3.33. The predicted molar refractivity (Wildman–Crippen MR) is 90.7 cm³/mol. The van der Waals surface area contributed by atoms with Gasteiger partial charge in [0.2, 0.25) is 5.95 Å². The topological polar surface area (TPSA) is 52.8 Å². The minimum absolute atomic E-state index is 0.379. The maximum atomic E-state index is 9.43. The number of halogens is 1. The van der Waals surface area contributed by atoms with Crippen molar-refractivity contribution in [3.8, 4) is 17.5 Å². The lowest BCUT2D eigenvalue weighted by Crippen LogP contribution is -2.18. The Morgan fingerprint density at radius 3 is 2.43 bits per heavy atom. The summed E-state index contributed by atoms with van der Waals surface area (Å²) in [5, 5.41) is 10.1. The van der Waals surface area contributed by atoms with Gasteiger partial charge in [0.1, 0.15) is 0 Å². The minimum atomic E-state index is 0.379. The first-order valence-electron chi connectivity index (χ1n) is 7.06. The van der Waals surface area contributed by atoms with Crippen LogP contribution in [0.2, 0.25) is 5.02 Å². The van der Waals surface area contributed by atoms with Crippen molar-refractivity contribution in [3.63, 3.8) is 0 Å². The Morgan fingerprint density at radius 1 is 1.00 bits per heavy atom. The summed E-state index contributed by atoms with van der Waals surface area (Å²) in [5.74, 6) is 0.379. The van der Waals surface area contributed by atoms with Gasteiger partial charge in [-0.1, -0.05) is 54.1 Å². The summed E-state index contributed by atoms with van der Waals surface area (Å²) in [4.78, 5) is 10.2. The predicted octanol–water partition coefficient (Wildman–Crippen LogP) is 4.28. The molecule has 3 aromatic rings. The van der Waals surface area contributed by atoms with Crippen molar-refractivity contribution in [1.29, 1.82) is 5.26 Å². The van der Waals surface area contributed by atoms with Crippen LogP contribution < -0.4 is 4.90 Å². The molecule has 3 rings (SSSR count). The van der Waals surface area contributed by atoms with E-state index in [-0.39, 0.29) is 0 Å². The molecule has 0 atom stereocenters. The van der Waals surface area contributed by atoms with Crippen LogP contribution in [0.15, 0.2) is 66.9 Å². The summed E-state index contributed by atoms with van der Waals surface area (Å²) in [6.45, 7) is 0.395. The van der Waals surface area contributed by atoms with Gasteiger partial charge in [0.15, 0.2) is 6.19 Å². The standard InChI is InChI=1S/C18H13ClN4/c19-16-8-6-14(7-9-16)12-23(13-20)18-21-11-10-17(22-18)15-4-2-1-3-5-15/h1-11H,12H2. The molecule has 0 aliphatic heterocycles. The third kappa shape index (κ3) is 3.65. The largest absolute Gasteiger partial charge is 0.243 e. The van der Waals surface area contributed by atoms with E-state index in [4.69, 9.17) is 11.6 Å². The third-order valence-corrected chi connectivity index (χ3v) is 3.58. The zero-order valence-corrected chi connectivity index (χ0v) is 13.0. The highest BCUT2D eigenvalue weighted by molar-refractivity contribution is 6.30. The van der Waals surface area contributed by atoms with Crippen LogP contribution in [0.5, 0.6) is 0 Å². The van der Waals surface area contributed by atoms with E-state index in [2.05, 4.69) is 16.2 Å². The van der Waals surface area contributed by atoms with E-state index in [9.17, 15) is 5.26 Å². The molecular weight excluding hydrogens is 308 g/mol. The monoisotopic (exact) mass is 320 g/mol. The molecule has 0 saturated heterocycles. The van der Waals surface area contributed by atoms with Gasteiger partial charge in [-0.2, -0.15) is 5.26 Å². The fourth-order valence-corrected chi connectivity index (χ4v) is 2.30. The summed E-state index contributed by atoms with van der Waals surface area (Å²) in [7, 11) is 0. The van der Waals surface area contributed by atoms with Crippen LogP contribution in [0, 0.1) is 11.5 Å². The Kier molecular flexibility index (Phi) is 4.51. The first-order chi connectivity index (χ1) is 11.3. The van der Waals surface area contributed by atoms with Crippen molar-refractivity contribution in [2.24, 2.45) is 0 Å². The van der Waals surface area contributed by atoms with E-state index in [1.54, 1.807) is 18.3 Å². The number of nitrogens with zero attached hydrogens (tertiary/aromatic N) is 4. The molecule has 0 aliphatic carbocycles. The van der Waals surface area contributed by atoms with Crippen molar-refractivity contribution >= 4 is 17.5 Å². The molecule has 0 aliphatic rings. The van der Waals surface area contributed by atoms with Gasteiger partial charge in [-0.3, -0.25) is 0 Å². The number of nitriles is 1. The zero-order chi connectivity index (χ0) is 16.1. The van der Waals surface area contributed by atoms with Gasteiger partial charge in [0.05, 0.1) is 12.2 Å². The highest BCUT2D eigenvalue weighted by Gasteiger charge is 2.11. The Hall–Kier alpha value is -2.90.